The van der Waals surface area contributed by atoms with Crippen LogP contribution in [-0.2, 0) is 6.42 Å². The molecule has 0 aliphatic heterocycles. The number of benzene rings is 1. The van der Waals surface area contributed by atoms with Gasteiger partial charge in [0.25, 0.3) is 0 Å². The van der Waals surface area contributed by atoms with Crippen molar-refractivity contribution in [3.63, 3.8) is 0 Å². The van der Waals surface area contributed by atoms with E-state index in [2.05, 4.69) is 36.4 Å². The van der Waals surface area contributed by atoms with Gasteiger partial charge in [0.2, 0.25) is 0 Å². The average Bonchev–Trinajstić information content (AvgIpc) is 2.38. The number of aromatic hydroxyl groups is 1. The molecule has 0 radical (unpaired) electrons. The molecule has 0 amide bonds. The third-order valence-corrected chi connectivity index (χ3v) is 2.94. The van der Waals surface area contributed by atoms with Crippen LogP contribution in [0.15, 0.2) is 29.3 Å². The lowest BCUT2D eigenvalue weighted by atomic mass is 10.1. The Morgan fingerprint density at radius 2 is 2.10 bits per heavy atom. The fourth-order valence-electron chi connectivity index (χ4n) is 1.81. The van der Waals surface area contributed by atoms with Crippen molar-refractivity contribution in [3.8, 4) is 5.75 Å². The van der Waals surface area contributed by atoms with Crippen molar-refractivity contribution in [1.82, 2.24) is 10.6 Å². The normalized spacial score (nSPS) is 11.7. The Labute approximate surface area is 122 Å². The topological polar surface area (TPSA) is 56.7 Å². The number of nitrogens with zero attached hydrogens (tertiary/aromatic N) is 1. The molecule has 0 atom stereocenters. The molecule has 1 aromatic carbocycles. The van der Waals surface area contributed by atoms with Gasteiger partial charge in [0, 0.05) is 19.6 Å². The van der Waals surface area contributed by atoms with Gasteiger partial charge in [0.1, 0.15) is 5.75 Å². The number of rotatable bonds is 7. The van der Waals surface area contributed by atoms with Crippen LogP contribution >= 0.6 is 0 Å². The zero-order valence-corrected chi connectivity index (χ0v) is 12.8. The summed E-state index contributed by atoms with van der Waals surface area (Å²) in [4.78, 5) is 4.55. The highest BCUT2D eigenvalue weighted by atomic mass is 16.3. The molecular weight excluding hydrogens is 250 g/mol. The summed E-state index contributed by atoms with van der Waals surface area (Å²) in [6.45, 7) is 8.99. The van der Waals surface area contributed by atoms with Crippen LogP contribution < -0.4 is 10.6 Å². The minimum absolute atomic E-state index is 0.319. The lowest BCUT2D eigenvalue weighted by Gasteiger charge is -2.11. The molecule has 3 N–H and O–H groups in total. The van der Waals surface area contributed by atoms with Crippen LogP contribution in [0.5, 0.6) is 5.75 Å². The van der Waals surface area contributed by atoms with Gasteiger partial charge in [0.15, 0.2) is 5.96 Å². The first kappa shape index (κ1) is 16.3. The van der Waals surface area contributed by atoms with Crippen molar-refractivity contribution < 1.29 is 5.11 Å². The zero-order valence-electron chi connectivity index (χ0n) is 12.8. The molecule has 1 aromatic rings. The predicted octanol–water partition coefficient (Wildman–Crippen LogP) is 2.54. The van der Waals surface area contributed by atoms with Crippen molar-refractivity contribution in [3.05, 3.63) is 29.8 Å². The first-order valence-corrected chi connectivity index (χ1v) is 7.42. The van der Waals surface area contributed by atoms with Gasteiger partial charge in [-0.2, -0.15) is 0 Å². The van der Waals surface area contributed by atoms with Gasteiger partial charge in [0.05, 0.1) is 0 Å². The lowest BCUT2D eigenvalue weighted by molar-refractivity contribution is 0.474. The molecule has 0 aliphatic carbocycles. The molecule has 0 bridgehead atoms. The third kappa shape index (κ3) is 7.02. The van der Waals surface area contributed by atoms with Gasteiger partial charge in [-0.1, -0.05) is 26.0 Å². The van der Waals surface area contributed by atoms with Crippen LogP contribution in [0, 0.1) is 5.92 Å². The Morgan fingerprint density at radius 3 is 2.75 bits per heavy atom. The molecule has 0 fully saturated rings. The van der Waals surface area contributed by atoms with Crippen LogP contribution in [0.4, 0.5) is 0 Å². The molecule has 0 saturated carbocycles. The molecule has 112 valence electrons. The van der Waals surface area contributed by atoms with E-state index in [9.17, 15) is 5.11 Å². The summed E-state index contributed by atoms with van der Waals surface area (Å²) in [5.41, 5.74) is 1.12. The Morgan fingerprint density at radius 1 is 1.30 bits per heavy atom. The standard InChI is InChI=1S/C16H27N3O/c1-4-17-16(18-10-8-13(2)3)19-11-9-14-6-5-7-15(20)12-14/h5-7,12-13,20H,4,8-11H2,1-3H3,(H2,17,18,19). The van der Waals surface area contributed by atoms with E-state index in [-0.39, 0.29) is 0 Å². The van der Waals surface area contributed by atoms with E-state index in [1.807, 2.05) is 12.1 Å². The van der Waals surface area contributed by atoms with E-state index < -0.39 is 0 Å². The second-order valence-electron chi connectivity index (χ2n) is 5.29. The SMILES string of the molecule is CCNC(=NCCC(C)C)NCCc1cccc(O)c1. The zero-order chi connectivity index (χ0) is 14.8. The van der Waals surface area contributed by atoms with Gasteiger partial charge in [-0.15, -0.1) is 0 Å². The van der Waals surface area contributed by atoms with Crippen LogP contribution in [0.3, 0.4) is 0 Å². The Hall–Kier alpha value is -1.71. The summed E-state index contributed by atoms with van der Waals surface area (Å²) in [5, 5.41) is 16.0. The van der Waals surface area contributed by atoms with Crippen molar-refractivity contribution in [2.45, 2.75) is 33.6 Å². The first-order valence-electron chi connectivity index (χ1n) is 7.42. The second-order valence-corrected chi connectivity index (χ2v) is 5.29. The summed E-state index contributed by atoms with van der Waals surface area (Å²) in [7, 11) is 0. The Bertz CT molecular complexity index is 416. The fourth-order valence-corrected chi connectivity index (χ4v) is 1.81. The molecule has 0 unspecified atom stereocenters. The van der Waals surface area contributed by atoms with Crippen molar-refractivity contribution in [2.24, 2.45) is 10.9 Å². The highest BCUT2D eigenvalue weighted by Crippen LogP contribution is 2.10. The molecule has 4 nitrogen and oxygen atoms in total. The quantitative estimate of drug-likeness (QED) is 0.530. The van der Waals surface area contributed by atoms with E-state index in [4.69, 9.17) is 0 Å². The maximum absolute atomic E-state index is 9.42. The van der Waals surface area contributed by atoms with Crippen LogP contribution in [-0.4, -0.2) is 30.7 Å². The molecule has 0 aliphatic rings. The van der Waals surface area contributed by atoms with Crippen LogP contribution in [0.2, 0.25) is 0 Å². The summed E-state index contributed by atoms with van der Waals surface area (Å²) in [5.74, 6) is 1.86. The molecule has 4 heteroatoms. The van der Waals surface area contributed by atoms with Gasteiger partial charge in [-0.3, -0.25) is 4.99 Å². The number of aliphatic imine (C=N–C) groups is 1. The average molecular weight is 277 g/mol. The minimum atomic E-state index is 0.319. The molecular formula is C16H27N3O. The molecule has 0 heterocycles. The minimum Gasteiger partial charge on any atom is -0.508 e. The van der Waals surface area contributed by atoms with E-state index in [0.717, 1.165) is 44.0 Å². The molecule has 20 heavy (non-hydrogen) atoms. The number of phenolic OH excluding ortho intramolecular Hbond substituents is 1. The predicted molar refractivity (Wildman–Crippen MR) is 85.2 cm³/mol. The van der Waals surface area contributed by atoms with Crippen molar-refractivity contribution in [1.29, 1.82) is 0 Å². The Balaban J connectivity index is 2.38. The van der Waals surface area contributed by atoms with E-state index in [0.29, 0.717) is 11.7 Å². The van der Waals surface area contributed by atoms with Crippen molar-refractivity contribution >= 4 is 5.96 Å². The summed E-state index contributed by atoms with van der Waals surface area (Å²) < 4.78 is 0. The highest BCUT2D eigenvalue weighted by Gasteiger charge is 1.99. The summed E-state index contributed by atoms with van der Waals surface area (Å²) in [6.07, 6.45) is 1.96. The summed E-state index contributed by atoms with van der Waals surface area (Å²) in [6, 6.07) is 7.37. The maximum Gasteiger partial charge on any atom is 0.191 e. The fraction of sp³-hybridized carbons (Fsp3) is 0.562. The van der Waals surface area contributed by atoms with Crippen LogP contribution in [0.1, 0.15) is 32.8 Å². The largest absolute Gasteiger partial charge is 0.508 e. The second kappa shape index (κ2) is 9.23. The van der Waals surface area contributed by atoms with E-state index >= 15 is 0 Å². The van der Waals surface area contributed by atoms with Crippen LogP contribution in [0.25, 0.3) is 0 Å². The highest BCUT2D eigenvalue weighted by molar-refractivity contribution is 5.79. The number of guanidine groups is 1. The first-order chi connectivity index (χ1) is 9.61. The number of nitrogens with one attached hydrogen (secondary N) is 2. The molecule has 0 saturated heterocycles. The third-order valence-electron chi connectivity index (χ3n) is 2.94. The van der Waals surface area contributed by atoms with Gasteiger partial charge in [-0.05, 0) is 43.4 Å². The number of hydrogen-bond donors (Lipinski definition) is 3. The summed E-state index contributed by atoms with van der Waals surface area (Å²) >= 11 is 0. The maximum atomic E-state index is 9.42. The van der Waals surface area contributed by atoms with Gasteiger partial charge >= 0.3 is 0 Å². The number of phenols is 1. The lowest BCUT2D eigenvalue weighted by Crippen LogP contribution is -2.38. The van der Waals surface area contributed by atoms with Gasteiger partial charge in [-0.25, -0.2) is 0 Å². The molecule has 0 aromatic heterocycles. The van der Waals surface area contributed by atoms with Gasteiger partial charge < -0.3 is 15.7 Å². The van der Waals surface area contributed by atoms with Crippen molar-refractivity contribution in [2.75, 3.05) is 19.6 Å². The molecule has 0 spiro atoms. The number of hydrogen-bond acceptors (Lipinski definition) is 2. The monoisotopic (exact) mass is 277 g/mol. The molecule has 1 rings (SSSR count). The van der Waals surface area contributed by atoms with E-state index in [1.165, 1.54) is 0 Å². The smallest absolute Gasteiger partial charge is 0.191 e. The Kier molecular flexibility index (Phi) is 7.55. The van der Waals surface area contributed by atoms with E-state index in [1.54, 1.807) is 12.1 Å².